The number of benzene rings is 1. The fraction of sp³-hybridized carbons (Fsp3) is 0.316. The van der Waals surface area contributed by atoms with Gasteiger partial charge in [-0.1, -0.05) is 30.3 Å². The highest BCUT2D eigenvalue weighted by atomic mass is 19.4. The van der Waals surface area contributed by atoms with Crippen LogP contribution in [0.15, 0.2) is 41.2 Å². The first kappa shape index (κ1) is 19.7. The number of carbonyl (C=O) groups excluding carboxylic acids is 1. The van der Waals surface area contributed by atoms with Crippen LogP contribution in [0.1, 0.15) is 16.8 Å². The van der Waals surface area contributed by atoms with Crippen molar-refractivity contribution in [3.05, 3.63) is 63.6 Å². The maximum absolute atomic E-state index is 13.3. The van der Waals surface area contributed by atoms with Gasteiger partial charge in [-0.05, 0) is 18.9 Å². The molecule has 0 bridgehead atoms. The van der Waals surface area contributed by atoms with Crippen LogP contribution in [0, 0.1) is 6.92 Å². The van der Waals surface area contributed by atoms with Crippen molar-refractivity contribution in [3.63, 3.8) is 0 Å². The molecule has 0 aliphatic carbocycles. The van der Waals surface area contributed by atoms with Gasteiger partial charge in [0.2, 0.25) is 5.91 Å². The number of hydrogen-bond acceptors (Lipinski definition) is 3. The number of rotatable bonds is 5. The standard InChI is InChI=1S/C19H19F3N4O2/c1-12-17-14(19(20,21)22)10-16(28)26(18(17)25(2)24-12)11-15(27)23-9-8-13-6-4-3-5-7-13/h3-7,10H,8-9,11H2,1-2H3,(H,23,27). The molecule has 0 saturated heterocycles. The molecule has 1 amide bonds. The molecule has 3 rings (SSSR count). The van der Waals surface area contributed by atoms with E-state index < -0.39 is 23.2 Å². The van der Waals surface area contributed by atoms with Gasteiger partial charge in [0.15, 0.2) is 0 Å². The summed E-state index contributed by atoms with van der Waals surface area (Å²) >= 11 is 0. The smallest absolute Gasteiger partial charge is 0.354 e. The lowest BCUT2D eigenvalue weighted by atomic mass is 10.1. The average molecular weight is 392 g/mol. The van der Waals surface area contributed by atoms with Crippen LogP contribution < -0.4 is 10.9 Å². The summed E-state index contributed by atoms with van der Waals surface area (Å²) in [4.78, 5) is 24.6. The van der Waals surface area contributed by atoms with Crippen LogP contribution in [0.5, 0.6) is 0 Å². The van der Waals surface area contributed by atoms with Crippen molar-refractivity contribution in [1.29, 1.82) is 0 Å². The predicted molar refractivity (Wildman–Crippen MR) is 97.9 cm³/mol. The van der Waals surface area contributed by atoms with Gasteiger partial charge >= 0.3 is 6.18 Å². The van der Waals surface area contributed by atoms with Crippen LogP contribution in [-0.2, 0) is 31.0 Å². The van der Waals surface area contributed by atoms with Crippen molar-refractivity contribution in [2.24, 2.45) is 7.05 Å². The second kappa shape index (κ2) is 7.49. The third-order valence-corrected chi connectivity index (χ3v) is 4.44. The molecule has 0 aliphatic heterocycles. The zero-order valence-electron chi connectivity index (χ0n) is 15.4. The number of nitrogens with one attached hydrogen (secondary N) is 1. The van der Waals surface area contributed by atoms with Gasteiger partial charge < -0.3 is 5.32 Å². The van der Waals surface area contributed by atoms with Crippen molar-refractivity contribution in [3.8, 4) is 0 Å². The van der Waals surface area contributed by atoms with Gasteiger partial charge in [0.05, 0.1) is 16.6 Å². The normalized spacial score (nSPS) is 11.8. The predicted octanol–water partition coefficient (Wildman–Crippen LogP) is 2.42. The van der Waals surface area contributed by atoms with Crippen molar-refractivity contribution in [2.45, 2.75) is 26.1 Å². The minimum Gasteiger partial charge on any atom is -0.354 e. The Labute approximate surface area is 158 Å². The minimum absolute atomic E-state index is 0.0319. The number of amides is 1. The Hall–Kier alpha value is -3.10. The number of halogens is 3. The quantitative estimate of drug-likeness (QED) is 0.725. The van der Waals surface area contributed by atoms with Crippen LogP contribution in [0.3, 0.4) is 0 Å². The maximum Gasteiger partial charge on any atom is 0.417 e. The summed E-state index contributed by atoms with van der Waals surface area (Å²) in [6.45, 7) is 1.40. The van der Waals surface area contributed by atoms with Crippen molar-refractivity contribution in [2.75, 3.05) is 6.54 Å². The second-order valence-electron chi connectivity index (χ2n) is 6.47. The molecule has 1 N–H and O–H groups in total. The lowest BCUT2D eigenvalue weighted by Crippen LogP contribution is -2.34. The molecule has 1 aromatic carbocycles. The Morgan fingerprint density at radius 2 is 1.89 bits per heavy atom. The van der Waals surface area contributed by atoms with Gasteiger partial charge in [0, 0.05) is 19.7 Å². The highest BCUT2D eigenvalue weighted by molar-refractivity contribution is 5.85. The summed E-state index contributed by atoms with van der Waals surface area (Å²) in [5, 5.41) is 6.52. The number of fused-ring (bicyclic) bond motifs is 1. The van der Waals surface area contributed by atoms with Crippen LogP contribution in [0.2, 0.25) is 0 Å². The van der Waals surface area contributed by atoms with Crippen molar-refractivity contribution >= 4 is 16.9 Å². The molecule has 0 spiro atoms. The fourth-order valence-corrected chi connectivity index (χ4v) is 3.22. The Bertz CT molecular complexity index is 1070. The second-order valence-corrected chi connectivity index (χ2v) is 6.47. The molecular formula is C19H19F3N4O2. The molecular weight excluding hydrogens is 373 g/mol. The van der Waals surface area contributed by atoms with Crippen LogP contribution >= 0.6 is 0 Å². The average Bonchev–Trinajstić information content (AvgIpc) is 2.91. The maximum atomic E-state index is 13.3. The summed E-state index contributed by atoms with van der Waals surface area (Å²) < 4.78 is 42.2. The molecule has 0 unspecified atom stereocenters. The lowest BCUT2D eigenvalue weighted by molar-refractivity contribution is -0.136. The van der Waals surface area contributed by atoms with Crippen LogP contribution in [0.4, 0.5) is 13.2 Å². The summed E-state index contributed by atoms with van der Waals surface area (Å²) in [5.41, 5.74) is -0.794. The van der Waals surface area contributed by atoms with E-state index in [4.69, 9.17) is 0 Å². The molecule has 3 aromatic rings. The lowest BCUT2D eigenvalue weighted by Gasteiger charge is -2.13. The van der Waals surface area contributed by atoms with E-state index in [1.165, 1.54) is 18.7 Å². The number of pyridine rings is 1. The zero-order chi connectivity index (χ0) is 20.5. The van der Waals surface area contributed by atoms with Crippen LogP contribution in [0.25, 0.3) is 11.0 Å². The molecule has 0 fully saturated rings. The monoisotopic (exact) mass is 392 g/mol. The van der Waals surface area contributed by atoms with E-state index in [9.17, 15) is 22.8 Å². The number of carbonyl (C=O) groups is 1. The van der Waals surface area contributed by atoms with Gasteiger partial charge in [-0.2, -0.15) is 18.3 Å². The van der Waals surface area contributed by atoms with Gasteiger partial charge in [0.1, 0.15) is 12.2 Å². The molecule has 6 nitrogen and oxygen atoms in total. The van der Waals surface area contributed by atoms with Gasteiger partial charge in [0.25, 0.3) is 5.56 Å². The van der Waals surface area contributed by atoms with E-state index in [2.05, 4.69) is 10.4 Å². The summed E-state index contributed by atoms with van der Waals surface area (Å²) in [7, 11) is 1.44. The van der Waals surface area contributed by atoms with Crippen LogP contribution in [-0.4, -0.2) is 26.8 Å². The summed E-state index contributed by atoms with van der Waals surface area (Å²) in [6, 6.07) is 10.0. The van der Waals surface area contributed by atoms with E-state index in [0.29, 0.717) is 19.0 Å². The highest BCUT2D eigenvalue weighted by Gasteiger charge is 2.36. The number of aromatic nitrogens is 3. The molecule has 148 valence electrons. The summed E-state index contributed by atoms with van der Waals surface area (Å²) in [5.74, 6) is -0.460. The van der Waals surface area contributed by atoms with E-state index in [1.54, 1.807) is 0 Å². The number of aryl methyl sites for hydroxylation is 2. The molecule has 0 atom stereocenters. The molecule has 0 saturated carbocycles. The molecule has 28 heavy (non-hydrogen) atoms. The van der Waals surface area contributed by atoms with E-state index in [1.807, 2.05) is 30.3 Å². The third-order valence-electron chi connectivity index (χ3n) is 4.44. The van der Waals surface area contributed by atoms with Gasteiger partial charge in [-0.15, -0.1) is 0 Å². The first-order valence-electron chi connectivity index (χ1n) is 8.63. The van der Waals surface area contributed by atoms with Crippen molar-refractivity contribution < 1.29 is 18.0 Å². The molecule has 9 heteroatoms. The Morgan fingerprint density at radius 1 is 1.21 bits per heavy atom. The first-order valence-corrected chi connectivity index (χ1v) is 8.63. The molecule has 0 aliphatic rings. The third kappa shape index (κ3) is 3.92. The molecule has 2 heterocycles. The summed E-state index contributed by atoms with van der Waals surface area (Å²) in [6.07, 6.45) is -4.09. The van der Waals surface area contributed by atoms with E-state index >= 15 is 0 Å². The first-order chi connectivity index (χ1) is 13.2. The highest BCUT2D eigenvalue weighted by Crippen LogP contribution is 2.35. The number of alkyl halides is 3. The van der Waals surface area contributed by atoms with Gasteiger partial charge in [-0.25, -0.2) is 0 Å². The Kier molecular flexibility index (Phi) is 5.26. The fourth-order valence-electron chi connectivity index (χ4n) is 3.22. The Balaban J connectivity index is 1.86. The zero-order valence-corrected chi connectivity index (χ0v) is 15.4. The van der Waals surface area contributed by atoms with E-state index in [0.717, 1.165) is 10.1 Å². The van der Waals surface area contributed by atoms with E-state index in [-0.39, 0.29) is 23.3 Å². The van der Waals surface area contributed by atoms with Gasteiger partial charge in [-0.3, -0.25) is 18.8 Å². The molecule has 0 radical (unpaired) electrons. The SMILES string of the molecule is Cc1nn(C)c2c1c(C(F)(F)F)cc(=O)n2CC(=O)NCCc1ccccc1. The Morgan fingerprint density at radius 3 is 2.54 bits per heavy atom. The number of nitrogens with zero attached hydrogens (tertiary/aromatic N) is 3. The topological polar surface area (TPSA) is 68.9 Å². The van der Waals surface area contributed by atoms with Crippen molar-refractivity contribution in [1.82, 2.24) is 19.7 Å². The largest absolute Gasteiger partial charge is 0.417 e. The minimum atomic E-state index is -4.69. The molecule has 2 aromatic heterocycles. The number of hydrogen-bond donors (Lipinski definition) is 1.